The Kier molecular flexibility index (Phi) is 6.13. The molecule has 114 valence electrons. The van der Waals surface area contributed by atoms with Gasteiger partial charge in [0.1, 0.15) is 5.75 Å². The quantitative estimate of drug-likeness (QED) is 0.788. The average molecular weight is 288 g/mol. The Hall–Kier alpha value is -1.97. The molecule has 2 N–H and O–H groups in total. The first-order valence-corrected chi connectivity index (χ1v) is 7.66. The van der Waals surface area contributed by atoms with E-state index in [1.807, 2.05) is 24.3 Å². The van der Waals surface area contributed by atoms with Crippen LogP contribution in [0.15, 0.2) is 36.9 Å². The summed E-state index contributed by atoms with van der Waals surface area (Å²) < 4.78 is 5.98. The standard InChI is InChI=1S/C17H24N2O2/c1-2-12-18-17(20)19-13-14-8-10-16(11-9-14)21-15-6-4-3-5-7-15/h2,8-11,15H,1,3-7,12-13H2,(H2,18,19,20). The van der Waals surface area contributed by atoms with Gasteiger partial charge in [-0.05, 0) is 43.4 Å². The van der Waals surface area contributed by atoms with Crippen molar-refractivity contribution in [3.05, 3.63) is 42.5 Å². The summed E-state index contributed by atoms with van der Waals surface area (Å²) in [4.78, 5) is 11.4. The zero-order valence-corrected chi connectivity index (χ0v) is 12.4. The van der Waals surface area contributed by atoms with Crippen LogP contribution < -0.4 is 15.4 Å². The largest absolute Gasteiger partial charge is 0.490 e. The van der Waals surface area contributed by atoms with E-state index in [1.165, 1.54) is 19.3 Å². The molecule has 21 heavy (non-hydrogen) atoms. The van der Waals surface area contributed by atoms with Crippen molar-refractivity contribution < 1.29 is 9.53 Å². The van der Waals surface area contributed by atoms with E-state index in [9.17, 15) is 4.79 Å². The lowest BCUT2D eigenvalue weighted by atomic mass is 9.98. The van der Waals surface area contributed by atoms with Gasteiger partial charge in [-0.25, -0.2) is 4.79 Å². The normalized spacial score (nSPS) is 15.2. The minimum absolute atomic E-state index is 0.183. The lowest BCUT2D eigenvalue weighted by Gasteiger charge is -2.23. The molecule has 0 radical (unpaired) electrons. The Bertz CT molecular complexity index is 450. The Morgan fingerprint density at radius 2 is 1.90 bits per heavy atom. The van der Waals surface area contributed by atoms with Crippen LogP contribution >= 0.6 is 0 Å². The molecular weight excluding hydrogens is 264 g/mol. The molecule has 0 aliphatic heterocycles. The van der Waals surface area contributed by atoms with Crippen molar-refractivity contribution in [1.29, 1.82) is 0 Å². The molecule has 4 heteroatoms. The monoisotopic (exact) mass is 288 g/mol. The van der Waals surface area contributed by atoms with E-state index in [0.717, 1.165) is 24.2 Å². The fourth-order valence-electron chi connectivity index (χ4n) is 2.47. The smallest absolute Gasteiger partial charge is 0.315 e. The molecule has 1 aromatic carbocycles. The maximum absolute atomic E-state index is 11.4. The molecule has 2 rings (SSSR count). The lowest BCUT2D eigenvalue weighted by molar-refractivity contribution is 0.155. The van der Waals surface area contributed by atoms with Crippen LogP contribution in [0.4, 0.5) is 4.79 Å². The van der Waals surface area contributed by atoms with Crippen LogP contribution in [0.3, 0.4) is 0 Å². The molecule has 0 heterocycles. The Morgan fingerprint density at radius 3 is 2.57 bits per heavy atom. The van der Waals surface area contributed by atoms with Gasteiger partial charge < -0.3 is 15.4 Å². The zero-order chi connectivity index (χ0) is 14.9. The molecule has 0 aromatic heterocycles. The van der Waals surface area contributed by atoms with Crippen LogP contribution in [-0.2, 0) is 6.54 Å². The summed E-state index contributed by atoms with van der Waals surface area (Å²) in [5, 5.41) is 5.47. The summed E-state index contributed by atoms with van der Waals surface area (Å²) >= 11 is 0. The fourth-order valence-corrected chi connectivity index (χ4v) is 2.47. The summed E-state index contributed by atoms with van der Waals surface area (Å²) in [6.45, 7) is 4.53. The van der Waals surface area contributed by atoms with Crippen molar-refractivity contribution in [3.63, 3.8) is 0 Å². The van der Waals surface area contributed by atoms with Crippen molar-refractivity contribution in [2.45, 2.75) is 44.8 Å². The predicted molar refractivity (Wildman–Crippen MR) is 84.4 cm³/mol. The van der Waals surface area contributed by atoms with Gasteiger partial charge in [0, 0.05) is 13.1 Å². The molecule has 0 unspecified atom stereocenters. The maximum atomic E-state index is 11.4. The van der Waals surface area contributed by atoms with E-state index in [2.05, 4.69) is 17.2 Å². The van der Waals surface area contributed by atoms with Crippen LogP contribution in [0.5, 0.6) is 5.75 Å². The molecule has 0 atom stereocenters. The average Bonchev–Trinajstić information content (AvgIpc) is 2.53. The van der Waals surface area contributed by atoms with Crippen LogP contribution in [0.2, 0.25) is 0 Å². The van der Waals surface area contributed by atoms with E-state index in [0.29, 0.717) is 19.2 Å². The second kappa shape index (κ2) is 8.35. The number of rotatable bonds is 6. The van der Waals surface area contributed by atoms with Gasteiger partial charge >= 0.3 is 6.03 Å². The van der Waals surface area contributed by atoms with Crippen molar-refractivity contribution >= 4 is 6.03 Å². The third kappa shape index (κ3) is 5.50. The van der Waals surface area contributed by atoms with E-state index in [-0.39, 0.29) is 6.03 Å². The number of ether oxygens (including phenoxy) is 1. The Morgan fingerprint density at radius 1 is 1.19 bits per heavy atom. The highest BCUT2D eigenvalue weighted by Gasteiger charge is 2.14. The Balaban J connectivity index is 1.75. The van der Waals surface area contributed by atoms with Crippen molar-refractivity contribution in [3.8, 4) is 5.75 Å². The van der Waals surface area contributed by atoms with Crippen LogP contribution in [0.1, 0.15) is 37.7 Å². The highest BCUT2D eigenvalue weighted by molar-refractivity contribution is 5.73. The molecule has 0 spiro atoms. The Labute approximate surface area is 126 Å². The molecule has 0 saturated heterocycles. The van der Waals surface area contributed by atoms with Gasteiger partial charge in [-0.2, -0.15) is 0 Å². The van der Waals surface area contributed by atoms with Crippen LogP contribution in [0, 0.1) is 0 Å². The molecule has 4 nitrogen and oxygen atoms in total. The minimum Gasteiger partial charge on any atom is -0.490 e. The van der Waals surface area contributed by atoms with Gasteiger partial charge in [-0.1, -0.05) is 24.6 Å². The van der Waals surface area contributed by atoms with Gasteiger partial charge in [0.15, 0.2) is 0 Å². The number of benzene rings is 1. The maximum Gasteiger partial charge on any atom is 0.315 e. The molecule has 1 aromatic rings. The number of carbonyl (C=O) groups excluding carboxylic acids is 1. The second-order valence-electron chi connectivity index (χ2n) is 5.37. The van der Waals surface area contributed by atoms with E-state index >= 15 is 0 Å². The SMILES string of the molecule is C=CCNC(=O)NCc1ccc(OC2CCCCC2)cc1. The van der Waals surface area contributed by atoms with Crippen LogP contribution in [0.25, 0.3) is 0 Å². The molecule has 1 fully saturated rings. The number of amides is 2. The van der Waals surface area contributed by atoms with E-state index in [1.54, 1.807) is 6.08 Å². The first-order chi connectivity index (χ1) is 10.3. The number of carbonyl (C=O) groups is 1. The summed E-state index contributed by atoms with van der Waals surface area (Å²) in [6.07, 6.45) is 8.21. The number of nitrogens with one attached hydrogen (secondary N) is 2. The first kappa shape index (κ1) is 15.4. The third-order valence-electron chi connectivity index (χ3n) is 3.64. The minimum atomic E-state index is -0.183. The molecule has 2 amide bonds. The topological polar surface area (TPSA) is 50.4 Å². The third-order valence-corrected chi connectivity index (χ3v) is 3.64. The second-order valence-corrected chi connectivity index (χ2v) is 5.37. The van der Waals surface area contributed by atoms with Gasteiger partial charge in [0.05, 0.1) is 6.10 Å². The number of hydrogen-bond acceptors (Lipinski definition) is 2. The van der Waals surface area contributed by atoms with Gasteiger partial charge in [0.25, 0.3) is 0 Å². The fraction of sp³-hybridized carbons (Fsp3) is 0.471. The molecule has 1 aliphatic rings. The van der Waals surface area contributed by atoms with E-state index < -0.39 is 0 Å². The number of hydrogen-bond donors (Lipinski definition) is 2. The van der Waals surface area contributed by atoms with Crippen LogP contribution in [-0.4, -0.2) is 18.7 Å². The molecule has 1 saturated carbocycles. The molecular formula is C17H24N2O2. The summed E-state index contributed by atoms with van der Waals surface area (Å²) in [6, 6.07) is 7.76. The lowest BCUT2D eigenvalue weighted by Crippen LogP contribution is -2.34. The summed E-state index contributed by atoms with van der Waals surface area (Å²) in [5.74, 6) is 0.918. The molecule has 0 bridgehead atoms. The number of urea groups is 1. The van der Waals surface area contributed by atoms with Gasteiger partial charge in [-0.15, -0.1) is 6.58 Å². The summed E-state index contributed by atoms with van der Waals surface area (Å²) in [7, 11) is 0. The first-order valence-electron chi connectivity index (χ1n) is 7.66. The highest BCUT2D eigenvalue weighted by atomic mass is 16.5. The summed E-state index contributed by atoms with van der Waals surface area (Å²) in [5.41, 5.74) is 1.06. The van der Waals surface area contributed by atoms with Crippen molar-refractivity contribution in [2.75, 3.05) is 6.54 Å². The van der Waals surface area contributed by atoms with Gasteiger partial charge in [0.2, 0.25) is 0 Å². The van der Waals surface area contributed by atoms with Gasteiger partial charge in [-0.3, -0.25) is 0 Å². The van der Waals surface area contributed by atoms with Crippen molar-refractivity contribution in [2.24, 2.45) is 0 Å². The zero-order valence-electron chi connectivity index (χ0n) is 12.4. The highest BCUT2D eigenvalue weighted by Crippen LogP contribution is 2.23. The van der Waals surface area contributed by atoms with Crippen molar-refractivity contribution in [1.82, 2.24) is 10.6 Å². The van der Waals surface area contributed by atoms with E-state index in [4.69, 9.17) is 4.74 Å². The molecule has 1 aliphatic carbocycles. The predicted octanol–water partition coefficient (Wildman–Crippen LogP) is 3.38.